The van der Waals surface area contributed by atoms with Gasteiger partial charge in [-0.2, -0.15) is 0 Å². The number of rotatable bonds is 5. The van der Waals surface area contributed by atoms with Gasteiger partial charge in [0.25, 0.3) is 0 Å². The zero-order valence-electron chi connectivity index (χ0n) is 14.2. The molecular formula is C20H26N2O. The highest BCUT2D eigenvalue weighted by molar-refractivity contribution is 5.33. The van der Waals surface area contributed by atoms with Crippen LogP contribution in [0.2, 0.25) is 0 Å². The van der Waals surface area contributed by atoms with Gasteiger partial charge in [0, 0.05) is 30.1 Å². The summed E-state index contributed by atoms with van der Waals surface area (Å²) < 4.78 is 6.04. The monoisotopic (exact) mass is 310 g/mol. The van der Waals surface area contributed by atoms with E-state index in [0.29, 0.717) is 12.0 Å². The number of pyridine rings is 1. The molecule has 0 N–H and O–H groups in total. The second-order valence-corrected chi connectivity index (χ2v) is 7.20. The van der Waals surface area contributed by atoms with Crippen LogP contribution in [0, 0.1) is 5.41 Å². The second kappa shape index (κ2) is 7.14. The fraction of sp³-hybridized carbons (Fsp3) is 0.450. The van der Waals surface area contributed by atoms with Gasteiger partial charge in [0.2, 0.25) is 0 Å². The van der Waals surface area contributed by atoms with E-state index in [4.69, 9.17) is 4.74 Å². The van der Waals surface area contributed by atoms with Crippen LogP contribution in [0.1, 0.15) is 37.8 Å². The normalized spacial score (nSPS) is 17.8. The van der Waals surface area contributed by atoms with Crippen molar-refractivity contribution in [2.24, 2.45) is 5.41 Å². The van der Waals surface area contributed by atoms with E-state index in [1.54, 1.807) is 6.20 Å². The molecule has 0 aliphatic carbocycles. The first-order valence-electron chi connectivity index (χ1n) is 8.44. The lowest BCUT2D eigenvalue weighted by molar-refractivity contribution is 0.125. The highest BCUT2D eigenvalue weighted by Gasteiger charge is 2.25. The lowest BCUT2D eigenvalue weighted by atomic mass is 9.82. The molecule has 2 aromatic rings. The third-order valence-corrected chi connectivity index (χ3v) is 4.69. The molecule has 0 spiro atoms. The number of hydrogen-bond donors (Lipinski definition) is 0. The average molecular weight is 310 g/mol. The molecule has 0 unspecified atom stereocenters. The van der Waals surface area contributed by atoms with Crippen LogP contribution >= 0.6 is 0 Å². The Morgan fingerprint density at radius 1 is 1.09 bits per heavy atom. The molecule has 3 rings (SSSR count). The molecule has 1 aliphatic heterocycles. The van der Waals surface area contributed by atoms with Gasteiger partial charge in [-0.15, -0.1) is 0 Å². The molecule has 3 heteroatoms. The first-order chi connectivity index (χ1) is 11.1. The summed E-state index contributed by atoms with van der Waals surface area (Å²) in [6.45, 7) is 8.62. The molecule has 1 fully saturated rings. The maximum Gasteiger partial charge on any atom is 0.124 e. The summed E-state index contributed by atoms with van der Waals surface area (Å²) in [6.07, 6.45) is 6.18. The van der Waals surface area contributed by atoms with E-state index in [-0.39, 0.29) is 0 Å². The SMILES string of the molecule is CC1(C)CCN(Cc2ccccc2OCc2cccnc2)CC1. The standard InChI is InChI=1S/C20H26N2O/c1-20(2)9-12-22(13-10-20)15-18-7-3-4-8-19(18)23-16-17-6-5-11-21-14-17/h3-8,11,14H,9-10,12-13,15-16H2,1-2H3. The minimum atomic E-state index is 0.493. The summed E-state index contributed by atoms with van der Waals surface area (Å²) in [6, 6.07) is 12.4. The molecule has 1 aliphatic rings. The van der Waals surface area contributed by atoms with Crippen LogP contribution in [-0.4, -0.2) is 23.0 Å². The zero-order chi connectivity index (χ0) is 16.1. The van der Waals surface area contributed by atoms with Crippen LogP contribution < -0.4 is 4.74 Å². The van der Waals surface area contributed by atoms with Crippen LogP contribution in [-0.2, 0) is 13.2 Å². The van der Waals surface area contributed by atoms with Gasteiger partial charge in [0.15, 0.2) is 0 Å². The fourth-order valence-corrected chi connectivity index (χ4v) is 2.98. The summed E-state index contributed by atoms with van der Waals surface area (Å²) in [5.74, 6) is 0.987. The molecule has 0 amide bonds. The maximum absolute atomic E-state index is 6.04. The van der Waals surface area contributed by atoms with Gasteiger partial charge in [-0.3, -0.25) is 9.88 Å². The lowest BCUT2D eigenvalue weighted by Gasteiger charge is -2.37. The minimum absolute atomic E-state index is 0.493. The highest BCUT2D eigenvalue weighted by Crippen LogP contribution is 2.31. The van der Waals surface area contributed by atoms with Gasteiger partial charge < -0.3 is 4.74 Å². The fourth-order valence-electron chi connectivity index (χ4n) is 2.98. The predicted octanol–water partition coefficient (Wildman–Crippen LogP) is 4.28. The van der Waals surface area contributed by atoms with Crippen molar-refractivity contribution in [3.05, 3.63) is 59.9 Å². The van der Waals surface area contributed by atoms with Crippen molar-refractivity contribution < 1.29 is 4.74 Å². The highest BCUT2D eigenvalue weighted by atomic mass is 16.5. The molecule has 0 atom stereocenters. The quantitative estimate of drug-likeness (QED) is 0.824. The predicted molar refractivity (Wildman–Crippen MR) is 93.3 cm³/mol. The third-order valence-electron chi connectivity index (χ3n) is 4.69. The second-order valence-electron chi connectivity index (χ2n) is 7.20. The van der Waals surface area contributed by atoms with Crippen molar-refractivity contribution in [1.82, 2.24) is 9.88 Å². The van der Waals surface area contributed by atoms with Crippen molar-refractivity contribution in [2.45, 2.75) is 39.8 Å². The summed E-state index contributed by atoms with van der Waals surface area (Å²) in [7, 11) is 0. The molecule has 1 aromatic heterocycles. The largest absolute Gasteiger partial charge is 0.489 e. The van der Waals surface area contributed by atoms with Crippen molar-refractivity contribution in [3.8, 4) is 5.75 Å². The zero-order valence-corrected chi connectivity index (χ0v) is 14.2. The van der Waals surface area contributed by atoms with E-state index in [9.17, 15) is 0 Å². The number of benzene rings is 1. The molecule has 23 heavy (non-hydrogen) atoms. The summed E-state index contributed by atoms with van der Waals surface area (Å²) >= 11 is 0. The van der Waals surface area contributed by atoms with E-state index in [1.807, 2.05) is 24.4 Å². The topological polar surface area (TPSA) is 25.4 Å². The van der Waals surface area contributed by atoms with Crippen molar-refractivity contribution in [3.63, 3.8) is 0 Å². The minimum Gasteiger partial charge on any atom is -0.489 e. The number of hydrogen-bond acceptors (Lipinski definition) is 3. The molecule has 1 saturated heterocycles. The number of aromatic nitrogens is 1. The van der Waals surface area contributed by atoms with Crippen molar-refractivity contribution in [2.75, 3.05) is 13.1 Å². The van der Waals surface area contributed by atoms with Gasteiger partial charge >= 0.3 is 0 Å². The van der Waals surface area contributed by atoms with Crippen LogP contribution in [0.4, 0.5) is 0 Å². The van der Waals surface area contributed by atoms with E-state index >= 15 is 0 Å². The molecular weight excluding hydrogens is 284 g/mol. The molecule has 2 heterocycles. The number of likely N-dealkylation sites (tertiary alicyclic amines) is 1. The number of para-hydroxylation sites is 1. The van der Waals surface area contributed by atoms with Crippen LogP contribution in [0.15, 0.2) is 48.8 Å². The molecule has 0 bridgehead atoms. The van der Waals surface area contributed by atoms with Gasteiger partial charge in [-0.25, -0.2) is 0 Å². The smallest absolute Gasteiger partial charge is 0.124 e. The molecule has 1 aromatic carbocycles. The lowest BCUT2D eigenvalue weighted by Crippen LogP contribution is -2.36. The Hall–Kier alpha value is -1.87. The number of nitrogens with zero attached hydrogens (tertiary/aromatic N) is 2. The van der Waals surface area contributed by atoms with Gasteiger partial charge in [0.05, 0.1) is 0 Å². The molecule has 0 radical (unpaired) electrons. The summed E-state index contributed by atoms with van der Waals surface area (Å²) in [4.78, 5) is 6.68. The first kappa shape index (κ1) is 16.0. The van der Waals surface area contributed by atoms with Crippen molar-refractivity contribution in [1.29, 1.82) is 0 Å². The van der Waals surface area contributed by atoms with Gasteiger partial charge in [0.1, 0.15) is 12.4 Å². The molecule has 122 valence electrons. The Balaban J connectivity index is 1.62. The van der Waals surface area contributed by atoms with Crippen LogP contribution in [0.3, 0.4) is 0 Å². The Kier molecular flexibility index (Phi) is 4.97. The van der Waals surface area contributed by atoms with Gasteiger partial charge in [-0.05, 0) is 43.5 Å². The van der Waals surface area contributed by atoms with Crippen LogP contribution in [0.5, 0.6) is 5.75 Å². The maximum atomic E-state index is 6.04. The average Bonchev–Trinajstić information content (AvgIpc) is 2.57. The Bertz CT molecular complexity index is 615. The van der Waals surface area contributed by atoms with Crippen LogP contribution in [0.25, 0.3) is 0 Å². The van der Waals surface area contributed by atoms with E-state index < -0.39 is 0 Å². The molecule has 0 saturated carbocycles. The van der Waals surface area contributed by atoms with Crippen molar-refractivity contribution >= 4 is 0 Å². The van der Waals surface area contributed by atoms with E-state index in [1.165, 1.54) is 31.5 Å². The van der Waals surface area contributed by atoms with E-state index in [0.717, 1.165) is 17.9 Å². The first-order valence-corrected chi connectivity index (χ1v) is 8.44. The number of piperidine rings is 1. The molecule has 3 nitrogen and oxygen atoms in total. The Morgan fingerprint density at radius 3 is 2.61 bits per heavy atom. The summed E-state index contributed by atoms with van der Waals surface area (Å²) in [5, 5.41) is 0. The van der Waals surface area contributed by atoms with Gasteiger partial charge in [-0.1, -0.05) is 38.1 Å². The third kappa shape index (κ3) is 4.55. The summed E-state index contributed by atoms with van der Waals surface area (Å²) in [5.41, 5.74) is 2.87. The number of ether oxygens (including phenoxy) is 1. The Labute approximate surface area is 139 Å². The Morgan fingerprint density at radius 2 is 1.87 bits per heavy atom. The van der Waals surface area contributed by atoms with E-state index in [2.05, 4.69) is 41.9 Å².